The summed E-state index contributed by atoms with van der Waals surface area (Å²) >= 11 is 0. The van der Waals surface area contributed by atoms with Gasteiger partial charge in [0.15, 0.2) is 0 Å². The van der Waals surface area contributed by atoms with Crippen LogP contribution in [0.1, 0.15) is 13.3 Å². The highest BCUT2D eigenvalue weighted by molar-refractivity contribution is 6.72. The van der Waals surface area contributed by atoms with Crippen LogP contribution in [0.25, 0.3) is 0 Å². The van der Waals surface area contributed by atoms with E-state index in [1.165, 1.54) is 5.19 Å². The molecule has 87 valence electrons. The molecule has 0 heterocycles. The van der Waals surface area contributed by atoms with Gasteiger partial charge in [-0.3, -0.25) is 0 Å². The minimum absolute atomic E-state index is 0.745. The van der Waals surface area contributed by atoms with Crippen molar-refractivity contribution in [2.45, 2.75) is 13.3 Å². The second kappa shape index (κ2) is 8.27. The third kappa shape index (κ3) is 4.75. The summed E-state index contributed by atoms with van der Waals surface area (Å²) in [6.45, 7) is 8.14. The van der Waals surface area contributed by atoms with Crippen molar-refractivity contribution in [1.82, 2.24) is 0 Å². The Morgan fingerprint density at radius 3 is 2.62 bits per heavy atom. The van der Waals surface area contributed by atoms with Crippen LogP contribution < -0.4 is 5.19 Å². The molecule has 0 fully saturated rings. The Kier molecular flexibility index (Phi) is 6.81. The second-order valence-corrected chi connectivity index (χ2v) is 5.34. The molecule has 0 atom stereocenters. The van der Waals surface area contributed by atoms with E-state index in [1.54, 1.807) is 0 Å². The lowest BCUT2D eigenvalue weighted by Gasteiger charge is -2.11. The molecule has 0 saturated carbocycles. The van der Waals surface area contributed by atoms with Crippen LogP contribution in [-0.4, -0.2) is 28.9 Å². The quantitative estimate of drug-likeness (QED) is 0.507. The molecule has 0 saturated heterocycles. The highest BCUT2D eigenvalue weighted by Gasteiger charge is 2.10. The molecule has 0 N–H and O–H groups in total. The van der Waals surface area contributed by atoms with E-state index in [2.05, 4.69) is 18.7 Å². The zero-order valence-electron chi connectivity index (χ0n) is 9.82. The third-order valence-corrected chi connectivity index (χ3v) is 3.93. The Morgan fingerprint density at radius 1 is 1.25 bits per heavy atom. The molecule has 1 aromatic carbocycles. The third-order valence-electron chi connectivity index (χ3n) is 2.14. The second-order valence-electron chi connectivity index (χ2n) is 3.33. The summed E-state index contributed by atoms with van der Waals surface area (Å²) in [6.07, 6.45) is 0.947. The molecule has 0 unspecified atom stereocenters. The van der Waals surface area contributed by atoms with Crippen molar-refractivity contribution < 1.29 is 9.16 Å². The van der Waals surface area contributed by atoms with Crippen LogP contribution in [0.5, 0.6) is 0 Å². The van der Waals surface area contributed by atoms with Crippen molar-refractivity contribution in [3.63, 3.8) is 0 Å². The van der Waals surface area contributed by atoms with E-state index in [4.69, 9.17) is 9.16 Å². The largest absolute Gasteiger partial charge is 0.408 e. The predicted molar refractivity (Wildman–Crippen MR) is 69.1 cm³/mol. The molecular weight excluding hydrogens is 216 g/mol. The normalized spacial score (nSPS) is 10.6. The molecule has 1 rings (SSSR count). The molecule has 0 bridgehead atoms. The number of ether oxygens (including phenoxy) is 1. The lowest BCUT2D eigenvalue weighted by molar-refractivity contribution is 0.131. The van der Waals surface area contributed by atoms with E-state index < -0.39 is 9.04 Å². The number of benzene rings is 1. The van der Waals surface area contributed by atoms with Crippen LogP contribution in [0.15, 0.2) is 42.6 Å². The van der Waals surface area contributed by atoms with Crippen LogP contribution in [0.4, 0.5) is 0 Å². The van der Waals surface area contributed by atoms with Gasteiger partial charge < -0.3 is 9.16 Å². The van der Waals surface area contributed by atoms with Crippen molar-refractivity contribution in [1.29, 1.82) is 0 Å². The smallest absolute Gasteiger partial charge is 0.274 e. The molecule has 16 heavy (non-hydrogen) atoms. The zero-order chi connectivity index (χ0) is 11.6. The molecule has 3 heteroatoms. The molecule has 0 spiro atoms. The SMILES string of the molecule is C=C[Si](OCCCOCC)c1ccccc1. The average molecular weight is 235 g/mol. The first kappa shape index (κ1) is 13.2. The van der Waals surface area contributed by atoms with Gasteiger partial charge in [0.1, 0.15) is 0 Å². The maximum absolute atomic E-state index is 5.83. The van der Waals surface area contributed by atoms with Crippen LogP contribution >= 0.6 is 0 Å². The fourth-order valence-corrected chi connectivity index (χ4v) is 2.76. The van der Waals surface area contributed by atoms with E-state index in [0.29, 0.717) is 0 Å². The molecule has 0 amide bonds. The average Bonchev–Trinajstić information content (AvgIpc) is 2.35. The standard InChI is InChI=1S/C13H19O2Si/c1-3-14-11-8-12-15-16(4-2)13-9-6-5-7-10-13/h4-7,9-10H,2-3,8,11-12H2,1H3. The van der Waals surface area contributed by atoms with Crippen molar-refractivity contribution in [2.24, 2.45) is 0 Å². The summed E-state index contributed by atoms with van der Waals surface area (Å²) in [4.78, 5) is 0. The molecule has 1 radical (unpaired) electrons. The van der Waals surface area contributed by atoms with Crippen molar-refractivity contribution in [3.8, 4) is 0 Å². The maximum Gasteiger partial charge on any atom is 0.274 e. The van der Waals surface area contributed by atoms with Crippen molar-refractivity contribution >= 4 is 14.2 Å². The zero-order valence-corrected chi connectivity index (χ0v) is 10.8. The highest BCUT2D eigenvalue weighted by atomic mass is 28.3. The Balaban J connectivity index is 2.30. The van der Waals surface area contributed by atoms with E-state index in [1.807, 2.05) is 30.8 Å². The lowest BCUT2D eigenvalue weighted by Crippen LogP contribution is -2.32. The fraction of sp³-hybridized carbons (Fsp3) is 0.385. The van der Waals surface area contributed by atoms with E-state index in [9.17, 15) is 0 Å². The molecule has 2 nitrogen and oxygen atoms in total. The van der Waals surface area contributed by atoms with E-state index in [-0.39, 0.29) is 0 Å². The topological polar surface area (TPSA) is 18.5 Å². The van der Waals surface area contributed by atoms with Gasteiger partial charge in [-0.25, -0.2) is 0 Å². The summed E-state index contributed by atoms with van der Waals surface area (Å²) < 4.78 is 11.1. The Morgan fingerprint density at radius 2 is 2.00 bits per heavy atom. The van der Waals surface area contributed by atoms with Crippen molar-refractivity contribution in [2.75, 3.05) is 19.8 Å². The molecule has 0 aliphatic heterocycles. The highest BCUT2D eigenvalue weighted by Crippen LogP contribution is 1.94. The first-order valence-corrected chi connectivity index (χ1v) is 7.12. The van der Waals surface area contributed by atoms with Gasteiger partial charge in [0, 0.05) is 19.8 Å². The van der Waals surface area contributed by atoms with Crippen LogP contribution in [0, 0.1) is 0 Å². The molecule has 0 aromatic heterocycles. The van der Waals surface area contributed by atoms with Crippen LogP contribution in [0.3, 0.4) is 0 Å². The minimum Gasteiger partial charge on any atom is -0.408 e. The van der Waals surface area contributed by atoms with Gasteiger partial charge in [-0.05, 0) is 18.5 Å². The molecule has 0 aliphatic rings. The minimum atomic E-state index is -1.04. The van der Waals surface area contributed by atoms with Crippen LogP contribution in [0.2, 0.25) is 0 Å². The summed E-state index contributed by atoms with van der Waals surface area (Å²) in [5, 5.41) is 1.25. The monoisotopic (exact) mass is 235 g/mol. The van der Waals surface area contributed by atoms with E-state index >= 15 is 0 Å². The summed E-state index contributed by atoms with van der Waals surface area (Å²) in [7, 11) is -1.04. The summed E-state index contributed by atoms with van der Waals surface area (Å²) in [5.41, 5.74) is 1.93. The molecular formula is C13H19O2Si. The van der Waals surface area contributed by atoms with Gasteiger partial charge in [-0.2, -0.15) is 0 Å². The Hall–Kier alpha value is -0.903. The van der Waals surface area contributed by atoms with E-state index in [0.717, 1.165) is 26.2 Å². The summed E-state index contributed by atoms with van der Waals surface area (Å²) in [6, 6.07) is 10.3. The number of rotatable bonds is 8. The maximum atomic E-state index is 5.83. The van der Waals surface area contributed by atoms with Gasteiger partial charge in [-0.1, -0.05) is 36.0 Å². The Labute approximate surface area is 99.6 Å². The lowest BCUT2D eigenvalue weighted by atomic mass is 10.4. The van der Waals surface area contributed by atoms with Crippen LogP contribution in [-0.2, 0) is 9.16 Å². The first-order chi connectivity index (χ1) is 7.88. The summed E-state index contributed by atoms with van der Waals surface area (Å²) in [5.74, 6) is 0. The van der Waals surface area contributed by atoms with Crippen molar-refractivity contribution in [3.05, 3.63) is 42.6 Å². The fourth-order valence-electron chi connectivity index (χ4n) is 1.35. The number of hydrogen-bond donors (Lipinski definition) is 0. The predicted octanol–water partition coefficient (Wildman–Crippen LogP) is 2.05. The van der Waals surface area contributed by atoms with Gasteiger partial charge >= 0.3 is 0 Å². The molecule has 1 aromatic rings. The van der Waals surface area contributed by atoms with Gasteiger partial charge in [-0.15, -0.1) is 6.58 Å². The van der Waals surface area contributed by atoms with Gasteiger partial charge in [0.25, 0.3) is 9.04 Å². The first-order valence-electron chi connectivity index (χ1n) is 5.63. The molecule has 0 aliphatic carbocycles. The van der Waals surface area contributed by atoms with Gasteiger partial charge in [0.2, 0.25) is 0 Å². The van der Waals surface area contributed by atoms with Gasteiger partial charge in [0.05, 0.1) is 0 Å². The Bertz CT molecular complexity index is 287. The number of hydrogen-bond acceptors (Lipinski definition) is 2.